The molecule has 4 rings (SSSR count). The summed E-state index contributed by atoms with van der Waals surface area (Å²) in [6.07, 6.45) is 0. The van der Waals surface area contributed by atoms with E-state index in [1.54, 1.807) is 11.3 Å². The third-order valence-electron chi connectivity index (χ3n) is 5.92. The molecule has 0 saturated carbocycles. The third-order valence-corrected chi connectivity index (χ3v) is 6.78. The van der Waals surface area contributed by atoms with Crippen molar-refractivity contribution in [2.45, 2.75) is 40.8 Å². The monoisotopic (exact) mass is 412 g/mol. The Morgan fingerprint density at radius 1 is 1.14 bits per heavy atom. The molecule has 1 fully saturated rings. The van der Waals surface area contributed by atoms with E-state index < -0.39 is 0 Å². The van der Waals surface area contributed by atoms with Crippen LogP contribution in [0.4, 0.5) is 0 Å². The lowest BCUT2D eigenvalue weighted by Crippen LogP contribution is -2.48. The molecule has 0 aromatic carbocycles. The van der Waals surface area contributed by atoms with Crippen LogP contribution in [0, 0.1) is 27.7 Å². The van der Waals surface area contributed by atoms with Gasteiger partial charge in [0.05, 0.1) is 17.8 Å². The molecule has 1 aliphatic rings. The van der Waals surface area contributed by atoms with Gasteiger partial charge in [-0.2, -0.15) is 0 Å². The van der Waals surface area contributed by atoms with Gasteiger partial charge in [0, 0.05) is 54.6 Å². The zero-order valence-corrected chi connectivity index (χ0v) is 18.4. The van der Waals surface area contributed by atoms with Crippen molar-refractivity contribution in [2.75, 3.05) is 26.2 Å². The Labute approximate surface area is 175 Å². The van der Waals surface area contributed by atoms with Gasteiger partial charge in [-0.05, 0) is 45.2 Å². The van der Waals surface area contributed by atoms with Crippen LogP contribution in [-0.2, 0) is 13.1 Å². The predicted molar refractivity (Wildman–Crippen MR) is 114 cm³/mol. The molecule has 7 heteroatoms. The lowest BCUT2D eigenvalue weighted by molar-refractivity contribution is 0.0626. The molecule has 0 unspecified atom stereocenters. The number of piperazine rings is 1. The lowest BCUT2D eigenvalue weighted by atomic mass is 10.1. The molecule has 0 bridgehead atoms. The Bertz CT molecular complexity index is 975. The second-order valence-electron chi connectivity index (χ2n) is 7.82. The number of thiophene rings is 1. The van der Waals surface area contributed by atoms with Crippen LogP contribution in [0.15, 0.2) is 28.1 Å². The zero-order chi connectivity index (χ0) is 20.5. The lowest BCUT2D eigenvalue weighted by Gasteiger charge is -2.34. The first-order valence-corrected chi connectivity index (χ1v) is 10.9. The Morgan fingerprint density at radius 2 is 1.90 bits per heavy atom. The van der Waals surface area contributed by atoms with Crippen molar-refractivity contribution in [3.8, 4) is 0 Å². The Hall–Kier alpha value is -2.38. The Kier molecular flexibility index (Phi) is 5.61. The van der Waals surface area contributed by atoms with Crippen LogP contribution in [0.2, 0.25) is 0 Å². The highest BCUT2D eigenvalue weighted by Crippen LogP contribution is 2.22. The van der Waals surface area contributed by atoms with Crippen LogP contribution in [-0.4, -0.2) is 51.6 Å². The molecule has 0 aliphatic carbocycles. The SMILES string of the molecule is Cc1noc(C)c1CN1CCN(C(=O)c2cc(C)n(Cc3cccs3)c2C)CC1. The molecule has 3 aromatic rings. The number of rotatable bonds is 5. The number of carbonyl (C=O) groups is 1. The van der Waals surface area contributed by atoms with Gasteiger partial charge in [0.1, 0.15) is 5.76 Å². The first-order chi connectivity index (χ1) is 13.9. The molecule has 3 aromatic heterocycles. The van der Waals surface area contributed by atoms with E-state index in [1.165, 1.54) is 10.4 Å². The van der Waals surface area contributed by atoms with Gasteiger partial charge in [-0.15, -0.1) is 11.3 Å². The molecule has 154 valence electrons. The maximum Gasteiger partial charge on any atom is 0.255 e. The number of aryl methyl sites for hydroxylation is 3. The summed E-state index contributed by atoms with van der Waals surface area (Å²) in [5, 5.41) is 6.14. The van der Waals surface area contributed by atoms with Crippen molar-refractivity contribution in [3.05, 3.63) is 62.4 Å². The van der Waals surface area contributed by atoms with Crippen molar-refractivity contribution in [1.82, 2.24) is 19.5 Å². The average Bonchev–Trinajstić information content (AvgIpc) is 3.41. The number of aromatic nitrogens is 2. The first-order valence-electron chi connectivity index (χ1n) is 10.1. The van der Waals surface area contributed by atoms with E-state index in [2.05, 4.69) is 46.0 Å². The topological polar surface area (TPSA) is 54.5 Å². The van der Waals surface area contributed by atoms with Gasteiger partial charge in [0.15, 0.2) is 0 Å². The molecule has 1 saturated heterocycles. The molecule has 0 N–H and O–H groups in total. The molecular weight excluding hydrogens is 384 g/mol. The fourth-order valence-corrected chi connectivity index (χ4v) is 4.74. The molecule has 6 nitrogen and oxygen atoms in total. The van der Waals surface area contributed by atoms with E-state index in [1.807, 2.05) is 24.8 Å². The van der Waals surface area contributed by atoms with Crippen LogP contribution < -0.4 is 0 Å². The van der Waals surface area contributed by atoms with E-state index >= 15 is 0 Å². The number of amides is 1. The van der Waals surface area contributed by atoms with E-state index in [0.717, 1.165) is 67.7 Å². The Morgan fingerprint density at radius 3 is 2.52 bits per heavy atom. The number of hydrogen-bond acceptors (Lipinski definition) is 5. The summed E-state index contributed by atoms with van der Waals surface area (Å²) < 4.78 is 7.52. The van der Waals surface area contributed by atoms with Crippen molar-refractivity contribution in [1.29, 1.82) is 0 Å². The minimum Gasteiger partial charge on any atom is -0.361 e. The summed E-state index contributed by atoms with van der Waals surface area (Å²) in [6, 6.07) is 6.26. The van der Waals surface area contributed by atoms with Crippen LogP contribution in [0.5, 0.6) is 0 Å². The average molecular weight is 413 g/mol. The van der Waals surface area contributed by atoms with Crippen LogP contribution >= 0.6 is 11.3 Å². The highest BCUT2D eigenvalue weighted by atomic mass is 32.1. The van der Waals surface area contributed by atoms with Gasteiger partial charge >= 0.3 is 0 Å². The minimum absolute atomic E-state index is 0.146. The van der Waals surface area contributed by atoms with Crippen molar-refractivity contribution in [2.24, 2.45) is 0 Å². The van der Waals surface area contributed by atoms with Crippen molar-refractivity contribution in [3.63, 3.8) is 0 Å². The van der Waals surface area contributed by atoms with Gasteiger partial charge in [-0.1, -0.05) is 11.2 Å². The molecule has 0 spiro atoms. The normalized spacial score (nSPS) is 15.2. The maximum atomic E-state index is 13.2. The molecule has 1 amide bonds. The van der Waals surface area contributed by atoms with E-state index in [4.69, 9.17) is 4.52 Å². The molecule has 4 heterocycles. The number of nitrogens with zero attached hydrogens (tertiary/aromatic N) is 4. The largest absolute Gasteiger partial charge is 0.361 e. The zero-order valence-electron chi connectivity index (χ0n) is 17.6. The highest BCUT2D eigenvalue weighted by Gasteiger charge is 2.26. The van der Waals surface area contributed by atoms with E-state index in [-0.39, 0.29) is 5.91 Å². The highest BCUT2D eigenvalue weighted by molar-refractivity contribution is 7.09. The standard InChI is InChI=1S/C22H28N4O2S/c1-15-12-20(17(3)26(15)13-19-6-5-11-29-19)22(27)25-9-7-24(8-10-25)14-21-16(2)23-28-18(21)4/h5-6,11-12H,7-10,13-14H2,1-4H3. The fraction of sp³-hybridized carbons (Fsp3) is 0.455. The summed E-state index contributed by atoms with van der Waals surface area (Å²) in [7, 11) is 0. The van der Waals surface area contributed by atoms with Gasteiger partial charge in [0.2, 0.25) is 0 Å². The molecule has 0 atom stereocenters. The summed E-state index contributed by atoms with van der Waals surface area (Å²) in [5.41, 5.74) is 5.15. The molecule has 0 radical (unpaired) electrons. The van der Waals surface area contributed by atoms with Crippen molar-refractivity contribution >= 4 is 17.2 Å². The van der Waals surface area contributed by atoms with E-state index in [0.29, 0.717) is 0 Å². The Balaban J connectivity index is 1.41. The quantitative estimate of drug-likeness (QED) is 0.640. The second-order valence-corrected chi connectivity index (χ2v) is 8.85. The second kappa shape index (κ2) is 8.16. The number of hydrogen-bond donors (Lipinski definition) is 0. The summed E-state index contributed by atoms with van der Waals surface area (Å²) in [6.45, 7) is 13.0. The summed E-state index contributed by atoms with van der Waals surface area (Å²) in [5.74, 6) is 1.03. The molecule has 29 heavy (non-hydrogen) atoms. The fourth-order valence-electron chi connectivity index (χ4n) is 4.05. The first kappa shape index (κ1) is 19.9. The van der Waals surface area contributed by atoms with Gasteiger partial charge in [0.25, 0.3) is 5.91 Å². The van der Waals surface area contributed by atoms with Crippen LogP contribution in [0.3, 0.4) is 0 Å². The predicted octanol–water partition coefficient (Wildman–Crippen LogP) is 3.78. The smallest absolute Gasteiger partial charge is 0.255 e. The van der Waals surface area contributed by atoms with Crippen LogP contribution in [0.1, 0.15) is 43.6 Å². The minimum atomic E-state index is 0.146. The van der Waals surface area contributed by atoms with Gasteiger partial charge in [-0.25, -0.2) is 0 Å². The van der Waals surface area contributed by atoms with E-state index in [9.17, 15) is 4.79 Å². The maximum absolute atomic E-state index is 13.2. The number of carbonyl (C=O) groups excluding carboxylic acids is 1. The summed E-state index contributed by atoms with van der Waals surface area (Å²) >= 11 is 1.75. The molecule has 1 aliphatic heterocycles. The third kappa shape index (κ3) is 4.02. The summed E-state index contributed by atoms with van der Waals surface area (Å²) in [4.78, 5) is 18.9. The van der Waals surface area contributed by atoms with Crippen LogP contribution in [0.25, 0.3) is 0 Å². The molecular formula is C22H28N4O2S. The van der Waals surface area contributed by atoms with Gasteiger partial charge < -0.3 is 14.0 Å². The van der Waals surface area contributed by atoms with Gasteiger partial charge in [-0.3, -0.25) is 9.69 Å². The van der Waals surface area contributed by atoms with Crippen molar-refractivity contribution < 1.29 is 9.32 Å².